The molecule has 1 unspecified atom stereocenters. The highest BCUT2D eigenvalue weighted by Crippen LogP contribution is 2.22. The van der Waals surface area contributed by atoms with Crippen LogP contribution in [0.4, 0.5) is 5.69 Å². The van der Waals surface area contributed by atoms with Crippen molar-refractivity contribution in [1.29, 1.82) is 5.26 Å². The fourth-order valence-corrected chi connectivity index (χ4v) is 2.52. The largest absolute Gasteiger partial charge is 0.310 e. The number of amides is 1. The first-order valence-corrected chi connectivity index (χ1v) is 7.96. The second-order valence-electron chi connectivity index (χ2n) is 5.52. The number of carbonyl (C=O) groups is 1. The van der Waals surface area contributed by atoms with E-state index in [0.29, 0.717) is 12.0 Å². The van der Waals surface area contributed by atoms with Crippen LogP contribution in [-0.2, 0) is 4.79 Å². The summed E-state index contributed by atoms with van der Waals surface area (Å²) in [6.07, 6.45) is 5.90. The van der Waals surface area contributed by atoms with E-state index in [2.05, 4.69) is 19.9 Å². The second-order valence-corrected chi connectivity index (χ2v) is 5.52. The lowest BCUT2D eigenvalue weighted by molar-refractivity contribution is -0.119. The van der Waals surface area contributed by atoms with Crippen molar-refractivity contribution in [2.75, 3.05) is 4.90 Å². The molecule has 0 aliphatic carbocycles. The summed E-state index contributed by atoms with van der Waals surface area (Å²) < 4.78 is 0. The van der Waals surface area contributed by atoms with Crippen LogP contribution in [0.2, 0.25) is 0 Å². The highest BCUT2D eigenvalue weighted by Gasteiger charge is 2.21. The lowest BCUT2D eigenvalue weighted by Gasteiger charge is -2.29. The van der Waals surface area contributed by atoms with Gasteiger partial charge in [-0.3, -0.25) is 4.79 Å². The van der Waals surface area contributed by atoms with E-state index in [-0.39, 0.29) is 11.9 Å². The Hall–Kier alpha value is -1.82. The molecule has 3 nitrogen and oxygen atoms in total. The standard InChI is InChI=1S/C18H26N2O/c1-4-6-7-10-15(3)20(18(21)9-5-2)17-12-8-11-16(13-17)14-19/h8,11-13,15H,4-7,9-10H2,1-3H3. The van der Waals surface area contributed by atoms with Gasteiger partial charge in [0, 0.05) is 18.2 Å². The Morgan fingerprint density at radius 3 is 2.67 bits per heavy atom. The van der Waals surface area contributed by atoms with Crippen LogP contribution in [-0.4, -0.2) is 11.9 Å². The first kappa shape index (κ1) is 17.2. The van der Waals surface area contributed by atoms with E-state index in [0.717, 1.165) is 24.9 Å². The lowest BCUT2D eigenvalue weighted by atomic mass is 10.1. The van der Waals surface area contributed by atoms with Gasteiger partial charge in [-0.2, -0.15) is 5.26 Å². The number of nitriles is 1. The molecule has 1 amide bonds. The summed E-state index contributed by atoms with van der Waals surface area (Å²) in [7, 11) is 0. The molecule has 0 radical (unpaired) electrons. The molecule has 0 heterocycles. The van der Waals surface area contributed by atoms with Gasteiger partial charge >= 0.3 is 0 Å². The van der Waals surface area contributed by atoms with Crippen molar-refractivity contribution in [3.63, 3.8) is 0 Å². The minimum atomic E-state index is 0.150. The third kappa shape index (κ3) is 5.23. The zero-order chi connectivity index (χ0) is 15.7. The lowest BCUT2D eigenvalue weighted by Crippen LogP contribution is -2.38. The third-order valence-corrected chi connectivity index (χ3v) is 3.65. The predicted octanol–water partition coefficient (Wildman–Crippen LogP) is 4.66. The Bertz CT molecular complexity index is 490. The molecule has 114 valence electrons. The molecule has 0 aliphatic rings. The molecule has 0 saturated heterocycles. The van der Waals surface area contributed by atoms with Gasteiger partial charge in [0.1, 0.15) is 0 Å². The molecule has 0 aliphatic heterocycles. The quantitative estimate of drug-likeness (QED) is 0.652. The van der Waals surface area contributed by atoms with Crippen LogP contribution in [0.5, 0.6) is 0 Å². The van der Waals surface area contributed by atoms with E-state index in [1.165, 1.54) is 12.8 Å². The number of benzene rings is 1. The van der Waals surface area contributed by atoms with Crippen LogP contribution in [0.15, 0.2) is 24.3 Å². The first-order chi connectivity index (χ1) is 10.1. The van der Waals surface area contributed by atoms with E-state index in [4.69, 9.17) is 5.26 Å². The molecular weight excluding hydrogens is 260 g/mol. The minimum Gasteiger partial charge on any atom is -0.310 e. The van der Waals surface area contributed by atoms with Crippen molar-refractivity contribution in [3.05, 3.63) is 29.8 Å². The predicted molar refractivity (Wildman–Crippen MR) is 87.2 cm³/mol. The zero-order valence-electron chi connectivity index (χ0n) is 13.4. The van der Waals surface area contributed by atoms with Gasteiger partial charge in [-0.05, 0) is 38.0 Å². The maximum Gasteiger partial charge on any atom is 0.227 e. The van der Waals surface area contributed by atoms with Gasteiger partial charge in [-0.1, -0.05) is 39.2 Å². The van der Waals surface area contributed by atoms with Crippen molar-refractivity contribution in [2.24, 2.45) is 0 Å². The SMILES string of the molecule is CCCCCC(C)N(C(=O)CCC)c1cccc(C#N)c1. The molecule has 1 aromatic carbocycles. The second kappa shape index (κ2) is 9.18. The van der Waals surface area contributed by atoms with Gasteiger partial charge in [0.2, 0.25) is 5.91 Å². The van der Waals surface area contributed by atoms with Crippen LogP contribution in [0.25, 0.3) is 0 Å². The average molecular weight is 286 g/mol. The number of hydrogen-bond donors (Lipinski definition) is 0. The van der Waals surface area contributed by atoms with Crippen LogP contribution in [0.3, 0.4) is 0 Å². The minimum absolute atomic E-state index is 0.150. The maximum atomic E-state index is 12.5. The maximum absolute atomic E-state index is 12.5. The van der Waals surface area contributed by atoms with Crippen LogP contribution >= 0.6 is 0 Å². The van der Waals surface area contributed by atoms with E-state index < -0.39 is 0 Å². The summed E-state index contributed by atoms with van der Waals surface area (Å²) in [5.74, 6) is 0.150. The van der Waals surface area contributed by atoms with E-state index in [1.54, 1.807) is 6.07 Å². The third-order valence-electron chi connectivity index (χ3n) is 3.65. The summed E-state index contributed by atoms with van der Waals surface area (Å²) >= 11 is 0. The van der Waals surface area contributed by atoms with Crippen LogP contribution < -0.4 is 4.90 Å². The molecule has 1 atom stereocenters. The molecule has 0 N–H and O–H groups in total. The molecule has 3 heteroatoms. The highest BCUT2D eigenvalue weighted by atomic mass is 16.2. The Labute approximate surface area is 128 Å². The Balaban J connectivity index is 2.95. The summed E-state index contributed by atoms with van der Waals surface area (Å²) in [5, 5.41) is 9.04. The van der Waals surface area contributed by atoms with Gasteiger partial charge < -0.3 is 4.90 Å². The molecule has 0 spiro atoms. The number of hydrogen-bond acceptors (Lipinski definition) is 2. The Morgan fingerprint density at radius 1 is 1.29 bits per heavy atom. The first-order valence-electron chi connectivity index (χ1n) is 7.96. The fraction of sp³-hybridized carbons (Fsp3) is 0.556. The van der Waals surface area contributed by atoms with Gasteiger partial charge in [-0.15, -0.1) is 0 Å². The number of unbranched alkanes of at least 4 members (excludes halogenated alkanes) is 2. The number of nitrogens with zero attached hydrogens (tertiary/aromatic N) is 2. The van der Waals surface area contributed by atoms with Crippen LogP contribution in [0.1, 0.15) is 64.9 Å². The van der Waals surface area contributed by atoms with Gasteiger partial charge in [0.05, 0.1) is 11.6 Å². The molecular formula is C18H26N2O. The van der Waals surface area contributed by atoms with Crippen molar-refractivity contribution in [1.82, 2.24) is 0 Å². The van der Waals surface area contributed by atoms with Gasteiger partial charge in [0.15, 0.2) is 0 Å². The van der Waals surface area contributed by atoms with Crippen LogP contribution in [0, 0.1) is 11.3 Å². The molecule has 0 bridgehead atoms. The number of anilines is 1. The monoisotopic (exact) mass is 286 g/mol. The summed E-state index contributed by atoms with van der Waals surface area (Å²) in [6.45, 7) is 6.30. The molecule has 0 saturated carbocycles. The van der Waals surface area contributed by atoms with E-state index in [1.807, 2.05) is 30.0 Å². The van der Waals surface area contributed by atoms with E-state index >= 15 is 0 Å². The molecule has 0 fully saturated rings. The van der Waals surface area contributed by atoms with Gasteiger partial charge in [-0.25, -0.2) is 0 Å². The molecule has 1 rings (SSSR count). The molecule has 1 aromatic rings. The van der Waals surface area contributed by atoms with Crippen molar-refractivity contribution >= 4 is 11.6 Å². The highest BCUT2D eigenvalue weighted by molar-refractivity contribution is 5.94. The summed E-state index contributed by atoms with van der Waals surface area (Å²) in [4.78, 5) is 14.3. The number of carbonyl (C=O) groups excluding carboxylic acids is 1. The number of rotatable bonds is 8. The normalized spacial score (nSPS) is 11.7. The van der Waals surface area contributed by atoms with Crippen molar-refractivity contribution in [3.8, 4) is 6.07 Å². The average Bonchev–Trinajstić information content (AvgIpc) is 2.48. The van der Waals surface area contributed by atoms with E-state index in [9.17, 15) is 4.79 Å². The zero-order valence-corrected chi connectivity index (χ0v) is 13.4. The Morgan fingerprint density at radius 2 is 2.05 bits per heavy atom. The molecule has 21 heavy (non-hydrogen) atoms. The Kier molecular flexibility index (Phi) is 7.53. The van der Waals surface area contributed by atoms with Crippen molar-refractivity contribution in [2.45, 2.75) is 65.3 Å². The fourth-order valence-electron chi connectivity index (χ4n) is 2.52. The topological polar surface area (TPSA) is 44.1 Å². The van der Waals surface area contributed by atoms with Crippen molar-refractivity contribution < 1.29 is 4.79 Å². The smallest absolute Gasteiger partial charge is 0.227 e. The molecule has 0 aromatic heterocycles. The van der Waals surface area contributed by atoms with Gasteiger partial charge in [0.25, 0.3) is 0 Å². The summed E-state index contributed by atoms with van der Waals surface area (Å²) in [6, 6.07) is 9.67. The summed E-state index contributed by atoms with van der Waals surface area (Å²) in [5.41, 5.74) is 1.44.